The fourth-order valence-corrected chi connectivity index (χ4v) is 30.4. The molecule has 6 heterocycles. The molecule has 2 aliphatic heterocycles. The minimum Gasteiger partial charge on any atom is -0.144 e. The van der Waals surface area contributed by atoms with Crippen LogP contribution in [0.2, 0.25) is 51.4 Å². The molecule has 5 aromatic rings. The Kier molecular flexibility index (Phi) is 8.53. The van der Waals surface area contributed by atoms with Gasteiger partial charge in [0.05, 0.1) is 16.1 Å². The lowest BCUT2D eigenvalue weighted by molar-refractivity contribution is 0.874. The van der Waals surface area contributed by atoms with E-state index in [0.717, 1.165) is 0 Å². The van der Waals surface area contributed by atoms with Crippen LogP contribution < -0.4 is 40.1 Å². The maximum atomic E-state index is 2.73. The van der Waals surface area contributed by atoms with Gasteiger partial charge in [0, 0.05) is 29.3 Å². The molecule has 0 fully saturated rings. The number of hydrogen-bond donors (Lipinski definition) is 0. The molecule has 0 radical (unpaired) electrons. The van der Waals surface area contributed by atoms with Crippen molar-refractivity contribution in [1.29, 1.82) is 0 Å². The van der Waals surface area contributed by atoms with Crippen LogP contribution in [0.4, 0.5) is 0 Å². The van der Waals surface area contributed by atoms with Gasteiger partial charge in [-0.25, -0.2) is 0 Å². The van der Waals surface area contributed by atoms with E-state index in [0.29, 0.717) is 0 Å². The van der Waals surface area contributed by atoms with Gasteiger partial charge in [0.15, 0.2) is 16.1 Å². The molecule has 2 atom stereocenters. The Labute approximate surface area is 298 Å². The fourth-order valence-electron chi connectivity index (χ4n) is 8.16. The second-order valence-electron chi connectivity index (χ2n) is 16.0. The van der Waals surface area contributed by atoms with Crippen molar-refractivity contribution in [3.8, 4) is 19.5 Å². The molecule has 2 unspecified atom stereocenters. The molecule has 0 nitrogen and oxygen atoms in total. The van der Waals surface area contributed by atoms with Gasteiger partial charge in [-0.1, -0.05) is 115 Å². The predicted molar refractivity (Wildman–Crippen MR) is 226 cm³/mol. The maximum Gasteiger partial charge on any atom is 0.152 e. The lowest BCUT2D eigenvalue weighted by Gasteiger charge is -2.32. The van der Waals surface area contributed by atoms with Crippen LogP contribution in [0, 0.1) is 13.8 Å². The highest BCUT2D eigenvalue weighted by Gasteiger charge is 2.52. The third-order valence-corrected chi connectivity index (χ3v) is 33.3. The van der Waals surface area contributed by atoms with Gasteiger partial charge >= 0.3 is 0 Å². The molecule has 8 heteroatoms. The Hall–Kier alpha value is -1.11. The van der Waals surface area contributed by atoms with Gasteiger partial charge < -0.3 is 0 Å². The average molecular weight is 747 g/mol. The molecule has 2 aliphatic rings. The summed E-state index contributed by atoms with van der Waals surface area (Å²) < 4.78 is 3.39. The van der Waals surface area contributed by atoms with E-state index in [9.17, 15) is 0 Å². The first kappa shape index (κ1) is 33.4. The quantitative estimate of drug-likeness (QED) is 0.127. The van der Waals surface area contributed by atoms with E-state index in [1.165, 1.54) is 47.5 Å². The topological polar surface area (TPSA) is 0 Å². The van der Waals surface area contributed by atoms with E-state index >= 15 is 0 Å². The molecule has 0 saturated heterocycles. The van der Waals surface area contributed by atoms with Gasteiger partial charge in [-0.2, -0.15) is 0 Å². The van der Waals surface area contributed by atoms with E-state index < -0.39 is 32.3 Å². The first-order valence-electron chi connectivity index (χ1n) is 17.4. The van der Waals surface area contributed by atoms with Gasteiger partial charge in [0.2, 0.25) is 0 Å². The highest BCUT2D eigenvalue weighted by atomic mass is 32.1. The lowest BCUT2D eigenvalue weighted by atomic mass is 10.3. The Bertz CT molecular complexity index is 1780. The smallest absolute Gasteiger partial charge is 0.144 e. The zero-order valence-electron chi connectivity index (χ0n) is 29.5. The molecule has 0 spiro atoms. The lowest BCUT2D eigenvalue weighted by Crippen LogP contribution is -2.66. The third-order valence-electron chi connectivity index (χ3n) is 10.6. The number of rotatable bonds is 10. The summed E-state index contributed by atoms with van der Waals surface area (Å²) in [5.41, 5.74) is 0. The largest absolute Gasteiger partial charge is 0.152 e. The highest BCUT2D eigenvalue weighted by Crippen LogP contribution is 2.41. The van der Waals surface area contributed by atoms with Crippen molar-refractivity contribution in [3.63, 3.8) is 0 Å². The molecule has 0 aliphatic carbocycles. The number of aryl methyl sites for hydroxylation is 2. The molecule has 0 saturated carbocycles. The summed E-state index contributed by atoms with van der Waals surface area (Å²) in [7, 11) is -7.04. The molecule has 4 aromatic heterocycles. The van der Waals surface area contributed by atoms with E-state index in [1.807, 2.05) is 0 Å². The first-order valence-corrected chi connectivity index (χ1v) is 32.1. The van der Waals surface area contributed by atoms with Crippen LogP contribution in [0.15, 0.2) is 48.5 Å². The van der Waals surface area contributed by atoms with E-state index in [-0.39, 0.29) is 0 Å². The monoisotopic (exact) mass is 746 g/mol. The van der Waals surface area contributed by atoms with Crippen LogP contribution in [0.1, 0.15) is 49.3 Å². The summed E-state index contributed by atoms with van der Waals surface area (Å²) in [6, 6.07) is 24.0. The van der Waals surface area contributed by atoms with Gasteiger partial charge in [0.25, 0.3) is 0 Å². The molecule has 46 heavy (non-hydrogen) atoms. The number of thiophene rings is 4. The molecular weight excluding hydrogens is 697 g/mol. The van der Waals surface area contributed by atoms with Crippen molar-refractivity contribution in [1.82, 2.24) is 0 Å². The molecule has 0 N–H and O–H groups in total. The van der Waals surface area contributed by atoms with Gasteiger partial charge in [-0.05, 0) is 78.2 Å². The second kappa shape index (κ2) is 11.7. The maximum absolute atomic E-state index is 2.73. The summed E-state index contributed by atoms with van der Waals surface area (Å²) in [5, 5.41) is 10.3. The fraction of sp³-hybridized carbons (Fsp3) is 0.421. The molecule has 0 amide bonds. The minimum atomic E-state index is -2.11. The summed E-state index contributed by atoms with van der Waals surface area (Å²) in [6.07, 6.45) is 5.15. The molecule has 7 rings (SSSR count). The summed E-state index contributed by atoms with van der Waals surface area (Å²) in [4.78, 5) is 9.51. The van der Waals surface area contributed by atoms with Crippen molar-refractivity contribution >= 4 is 118 Å². The first-order chi connectivity index (χ1) is 21.8. The van der Waals surface area contributed by atoms with Crippen LogP contribution in [0.3, 0.4) is 0 Å². The van der Waals surface area contributed by atoms with E-state index in [1.54, 1.807) is 59.6 Å². The molecule has 242 valence electrons. The molecule has 0 bridgehead atoms. The van der Waals surface area contributed by atoms with Crippen molar-refractivity contribution in [2.24, 2.45) is 0 Å². The number of benzene rings is 1. The number of hydrogen-bond acceptors (Lipinski definition) is 4. The normalized spacial score (nSPS) is 20.2. The Balaban J connectivity index is 1.43. The zero-order valence-corrected chi connectivity index (χ0v) is 36.8. The van der Waals surface area contributed by atoms with Crippen molar-refractivity contribution in [2.45, 2.75) is 105 Å². The summed E-state index contributed by atoms with van der Waals surface area (Å²) in [5.74, 6) is 0. The van der Waals surface area contributed by atoms with Gasteiger partial charge in [-0.15, -0.1) is 45.3 Å². The SMILES string of the molecule is CCCC[Si]1(c2ccc([Si]3(CCCC)c4cc(C)sc4-c4sc([Si](C)(C)C)cc43)cc2)c2cc(C)sc2-c2sc([Si](C)(C)C)cc21. The van der Waals surface area contributed by atoms with E-state index in [2.05, 4.69) is 161 Å². The summed E-state index contributed by atoms with van der Waals surface area (Å²) >= 11 is 8.46. The van der Waals surface area contributed by atoms with E-state index in [4.69, 9.17) is 0 Å². The molecular formula is C38H50S4Si4. The Morgan fingerprint density at radius 1 is 0.500 bits per heavy atom. The third kappa shape index (κ3) is 4.98. The Morgan fingerprint density at radius 2 is 0.826 bits per heavy atom. The second-order valence-corrected chi connectivity index (χ2v) is 39.4. The van der Waals surface area contributed by atoms with Crippen LogP contribution in [-0.4, -0.2) is 32.3 Å². The van der Waals surface area contributed by atoms with Crippen LogP contribution in [-0.2, 0) is 0 Å². The van der Waals surface area contributed by atoms with Crippen LogP contribution in [0.25, 0.3) is 19.5 Å². The number of fused-ring (bicyclic) bond motifs is 6. The Morgan fingerprint density at radius 3 is 1.15 bits per heavy atom. The molecule has 1 aromatic carbocycles. The van der Waals surface area contributed by atoms with Crippen molar-refractivity contribution < 1.29 is 0 Å². The average Bonchev–Trinajstić information content (AvgIpc) is 3.81. The van der Waals surface area contributed by atoms with Gasteiger partial charge in [-0.3, -0.25) is 0 Å². The highest BCUT2D eigenvalue weighted by molar-refractivity contribution is 7.37. The zero-order chi connectivity index (χ0) is 32.8. The van der Waals surface area contributed by atoms with Gasteiger partial charge in [0.1, 0.15) is 0 Å². The number of unbranched alkanes of at least 4 members (excludes halogenated alkanes) is 2. The van der Waals surface area contributed by atoms with Crippen molar-refractivity contribution in [2.75, 3.05) is 0 Å². The predicted octanol–water partition coefficient (Wildman–Crippen LogP) is 8.14. The van der Waals surface area contributed by atoms with Crippen LogP contribution in [0.5, 0.6) is 0 Å². The minimum absolute atomic E-state index is 1.26. The standard InChI is InChI=1S/C38H50S4Si4/c1-11-13-19-45(29-21-25(3)39-35(29)37-31(45)23-33(41-37)43(5,6)7)27-15-17-28(18-16-27)46(20-14-12-2)30-22-26(4)40-36(30)38-32(46)24-34(42-38)44(8,9)10/h15-18,21-24H,11-14,19-20H2,1-10H3. The summed E-state index contributed by atoms with van der Waals surface area (Å²) in [6.45, 7) is 24.7. The van der Waals surface area contributed by atoms with Crippen LogP contribution >= 0.6 is 45.3 Å². The van der Waals surface area contributed by atoms with Crippen molar-refractivity contribution in [3.05, 3.63) is 58.3 Å².